The monoisotopic (exact) mass is 183 g/mol. The summed E-state index contributed by atoms with van der Waals surface area (Å²) in [6.07, 6.45) is 9.70. The maximum atomic E-state index is 10.1. The van der Waals surface area contributed by atoms with Crippen LogP contribution in [0.3, 0.4) is 0 Å². The second kappa shape index (κ2) is 7.14. The van der Waals surface area contributed by atoms with Gasteiger partial charge in [-0.25, -0.2) is 0 Å². The molecule has 1 nitrogen and oxygen atoms in total. The van der Waals surface area contributed by atoms with Crippen LogP contribution in [0.1, 0.15) is 52.4 Å². The van der Waals surface area contributed by atoms with Gasteiger partial charge in [-0.3, -0.25) is 0 Å². The van der Waals surface area contributed by atoms with E-state index in [1.807, 2.05) is 6.08 Å². The molecule has 0 aliphatic heterocycles. The minimum Gasteiger partial charge on any atom is -0.386 e. The van der Waals surface area contributed by atoms with Gasteiger partial charge in [-0.2, -0.15) is 0 Å². The quantitative estimate of drug-likeness (QED) is 0.599. The highest BCUT2D eigenvalue weighted by Gasteiger charge is 2.20. The molecule has 0 aromatic rings. The third-order valence-corrected chi connectivity index (χ3v) is 2.16. The summed E-state index contributed by atoms with van der Waals surface area (Å²) < 4.78 is 0. The highest BCUT2D eigenvalue weighted by molar-refractivity contribution is 5.00. The maximum absolute atomic E-state index is 10.1. The molecule has 0 aliphatic rings. The minimum atomic E-state index is -0.557. The molecule has 0 amide bonds. The number of hydrogen-bond acceptors (Lipinski definition) is 1. The van der Waals surface area contributed by atoms with Crippen molar-refractivity contribution in [2.75, 3.05) is 0 Å². The molecule has 1 heteroatoms. The fraction of sp³-hybridized carbons (Fsp3) is 0.750. The minimum absolute atomic E-state index is 0.557. The lowest BCUT2D eigenvalue weighted by atomic mass is 9.92. The Morgan fingerprint density at radius 1 is 1.23 bits per heavy atom. The van der Waals surface area contributed by atoms with Crippen LogP contribution in [0.4, 0.5) is 0 Å². The molecule has 1 N–H and O–H groups in total. The fourth-order valence-electron chi connectivity index (χ4n) is 1.58. The first-order valence-electron chi connectivity index (χ1n) is 5.38. The number of rotatable bonds is 7. The highest BCUT2D eigenvalue weighted by atomic mass is 16.3. The summed E-state index contributed by atoms with van der Waals surface area (Å²) in [5.41, 5.74) is -0.557. The zero-order chi connectivity index (χ0) is 10.2. The van der Waals surface area contributed by atoms with Gasteiger partial charge >= 0.3 is 0 Å². The number of aliphatic hydroxyl groups is 1. The van der Waals surface area contributed by atoms with Crippen molar-refractivity contribution >= 4 is 0 Å². The molecule has 0 saturated carbocycles. The van der Waals surface area contributed by atoms with Crippen molar-refractivity contribution in [3.05, 3.63) is 19.1 Å². The Kier molecular flexibility index (Phi) is 6.97. The van der Waals surface area contributed by atoms with Gasteiger partial charge in [-0.05, 0) is 25.7 Å². The zero-order valence-corrected chi connectivity index (χ0v) is 9.05. The first-order valence-corrected chi connectivity index (χ1v) is 5.38. The van der Waals surface area contributed by atoms with E-state index in [9.17, 15) is 5.11 Å². The van der Waals surface area contributed by atoms with Crippen LogP contribution in [0.2, 0.25) is 0 Å². The summed E-state index contributed by atoms with van der Waals surface area (Å²) in [6, 6.07) is 0. The summed E-state index contributed by atoms with van der Waals surface area (Å²) in [4.78, 5) is 0. The van der Waals surface area contributed by atoms with Crippen molar-refractivity contribution < 1.29 is 5.11 Å². The second-order valence-electron chi connectivity index (χ2n) is 3.65. The zero-order valence-electron chi connectivity index (χ0n) is 9.05. The van der Waals surface area contributed by atoms with Gasteiger partial charge in [0.1, 0.15) is 0 Å². The van der Waals surface area contributed by atoms with Crippen molar-refractivity contribution in [1.29, 1.82) is 0 Å². The van der Waals surface area contributed by atoms with Gasteiger partial charge in [-0.1, -0.05) is 45.8 Å². The van der Waals surface area contributed by atoms with Crippen LogP contribution < -0.4 is 0 Å². The average molecular weight is 183 g/mol. The Bertz CT molecular complexity index is 132. The molecule has 0 spiro atoms. The number of unbranched alkanes of at least 4 members (excludes halogenated alkanes) is 1. The van der Waals surface area contributed by atoms with Crippen LogP contribution in [-0.2, 0) is 0 Å². The van der Waals surface area contributed by atoms with Crippen molar-refractivity contribution in [3.8, 4) is 0 Å². The number of allylic oxidation sites excluding steroid dienone is 1. The first kappa shape index (κ1) is 12.7. The molecule has 0 aliphatic carbocycles. The van der Waals surface area contributed by atoms with Gasteiger partial charge < -0.3 is 5.11 Å². The van der Waals surface area contributed by atoms with Crippen LogP contribution in [-0.4, -0.2) is 10.7 Å². The smallest absolute Gasteiger partial charge is 0.0827 e. The first-order chi connectivity index (χ1) is 6.18. The standard InChI is InChI=1S/C12H23O/c1-4-7-8-11-12(13,9-5-2)10-6-3/h8,11,13H,1,4-7,9-10H2,2-3H3/b11-8+. The lowest BCUT2D eigenvalue weighted by Gasteiger charge is -2.23. The van der Waals surface area contributed by atoms with E-state index in [0.717, 1.165) is 38.5 Å². The SMILES string of the molecule is [CH2]CC/C=C/C(O)(CCC)CCC. The lowest BCUT2D eigenvalue weighted by Crippen LogP contribution is -2.25. The normalized spacial score (nSPS) is 12.6. The van der Waals surface area contributed by atoms with E-state index in [0.29, 0.717) is 0 Å². The molecular weight excluding hydrogens is 160 g/mol. The average Bonchev–Trinajstić information content (AvgIpc) is 2.05. The van der Waals surface area contributed by atoms with E-state index in [-0.39, 0.29) is 0 Å². The van der Waals surface area contributed by atoms with Crippen LogP contribution in [0, 0.1) is 6.92 Å². The highest BCUT2D eigenvalue weighted by Crippen LogP contribution is 2.21. The van der Waals surface area contributed by atoms with Crippen molar-refractivity contribution in [1.82, 2.24) is 0 Å². The van der Waals surface area contributed by atoms with Crippen molar-refractivity contribution in [3.63, 3.8) is 0 Å². The van der Waals surface area contributed by atoms with E-state index in [2.05, 4.69) is 26.8 Å². The Morgan fingerprint density at radius 2 is 1.77 bits per heavy atom. The second-order valence-corrected chi connectivity index (χ2v) is 3.65. The molecule has 1 radical (unpaired) electrons. The fourth-order valence-corrected chi connectivity index (χ4v) is 1.58. The summed E-state index contributed by atoms with van der Waals surface area (Å²) in [5.74, 6) is 0. The van der Waals surface area contributed by atoms with E-state index < -0.39 is 5.60 Å². The van der Waals surface area contributed by atoms with Gasteiger partial charge in [0.05, 0.1) is 5.60 Å². The predicted molar refractivity (Wildman–Crippen MR) is 58.5 cm³/mol. The maximum Gasteiger partial charge on any atom is 0.0827 e. The Labute approximate surface area is 82.9 Å². The molecule has 0 unspecified atom stereocenters. The number of hydrogen-bond donors (Lipinski definition) is 1. The summed E-state index contributed by atoms with van der Waals surface area (Å²) in [7, 11) is 0. The van der Waals surface area contributed by atoms with Crippen LogP contribution in [0.5, 0.6) is 0 Å². The van der Waals surface area contributed by atoms with E-state index in [1.165, 1.54) is 0 Å². The predicted octanol–water partition coefficient (Wildman–Crippen LogP) is 3.49. The van der Waals surface area contributed by atoms with Crippen LogP contribution in [0.25, 0.3) is 0 Å². The summed E-state index contributed by atoms with van der Waals surface area (Å²) in [6.45, 7) is 7.98. The molecule has 0 aromatic heterocycles. The van der Waals surface area contributed by atoms with Crippen molar-refractivity contribution in [2.24, 2.45) is 0 Å². The molecule has 0 saturated heterocycles. The summed E-state index contributed by atoms with van der Waals surface area (Å²) >= 11 is 0. The molecule has 0 rings (SSSR count). The van der Waals surface area contributed by atoms with Crippen LogP contribution >= 0.6 is 0 Å². The van der Waals surface area contributed by atoms with Gasteiger partial charge in [-0.15, -0.1) is 0 Å². The molecule has 0 fully saturated rings. The molecule has 0 heterocycles. The largest absolute Gasteiger partial charge is 0.386 e. The van der Waals surface area contributed by atoms with Crippen molar-refractivity contribution in [2.45, 2.75) is 58.0 Å². The van der Waals surface area contributed by atoms with Gasteiger partial charge in [0.2, 0.25) is 0 Å². The molecule has 13 heavy (non-hydrogen) atoms. The Hall–Kier alpha value is -0.300. The van der Waals surface area contributed by atoms with Gasteiger partial charge in [0.15, 0.2) is 0 Å². The molecule has 0 aromatic carbocycles. The lowest BCUT2D eigenvalue weighted by molar-refractivity contribution is 0.0704. The van der Waals surface area contributed by atoms with Gasteiger partial charge in [0, 0.05) is 0 Å². The molecular formula is C12H23O. The van der Waals surface area contributed by atoms with E-state index in [4.69, 9.17) is 0 Å². The van der Waals surface area contributed by atoms with E-state index >= 15 is 0 Å². The molecule has 0 bridgehead atoms. The summed E-state index contributed by atoms with van der Waals surface area (Å²) in [5, 5.41) is 10.1. The Balaban J connectivity index is 4.05. The van der Waals surface area contributed by atoms with E-state index in [1.54, 1.807) is 0 Å². The topological polar surface area (TPSA) is 20.2 Å². The van der Waals surface area contributed by atoms with Crippen LogP contribution in [0.15, 0.2) is 12.2 Å². The third-order valence-electron chi connectivity index (χ3n) is 2.16. The molecule has 77 valence electrons. The third kappa shape index (κ3) is 5.87. The van der Waals surface area contributed by atoms with Gasteiger partial charge in [0.25, 0.3) is 0 Å². The molecule has 0 atom stereocenters. The Morgan fingerprint density at radius 3 is 2.15 bits per heavy atom.